The van der Waals surface area contributed by atoms with E-state index in [1.54, 1.807) is 21.9 Å². The Morgan fingerprint density at radius 3 is 2.22 bits per heavy atom. The normalized spacial score (nSPS) is 20.3. The molecular weight excluding hydrogens is 459 g/mol. The van der Waals surface area contributed by atoms with Gasteiger partial charge in [-0.1, -0.05) is 37.3 Å². The fraction of sp³-hybridized carbons (Fsp3) is 0.464. The number of piperidine rings is 2. The minimum Gasteiger partial charge on any atom is -0.341 e. The van der Waals surface area contributed by atoms with Gasteiger partial charge in [0, 0.05) is 31.9 Å². The highest BCUT2D eigenvalue weighted by Crippen LogP contribution is 2.39. The Morgan fingerprint density at radius 2 is 1.56 bits per heavy atom. The standard InChI is InChI=1S/C28H33FN4O3/c1-21-11-15-30(16-12-21)25(34)19-32-20-33(22-7-3-2-4-8-22)28(27(32)36)13-17-31(18-14-28)26(35)23-9-5-6-10-24(23)29/h2-10,21H,11-20H2,1H3. The third-order valence-corrected chi connectivity index (χ3v) is 8.03. The van der Waals surface area contributed by atoms with Crippen LogP contribution < -0.4 is 4.90 Å². The number of likely N-dealkylation sites (tertiary alicyclic amines) is 2. The largest absolute Gasteiger partial charge is 0.341 e. The Balaban J connectivity index is 1.34. The van der Waals surface area contributed by atoms with Gasteiger partial charge in [0.25, 0.3) is 11.8 Å². The molecule has 8 heteroatoms. The van der Waals surface area contributed by atoms with Gasteiger partial charge in [0.2, 0.25) is 5.91 Å². The number of amides is 3. The molecule has 0 saturated carbocycles. The zero-order chi connectivity index (χ0) is 25.3. The molecule has 1 spiro atoms. The predicted molar refractivity (Wildman–Crippen MR) is 135 cm³/mol. The number of anilines is 1. The summed E-state index contributed by atoms with van der Waals surface area (Å²) >= 11 is 0. The van der Waals surface area contributed by atoms with Gasteiger partial charge in [0.05, 0.1) is 12.2 Å². The number of carbonyl (C=O) groups is 3. The molecule has 3 amide bonds. The summed E-state index contributed by atoms with van der Waals surface area (Å²) in [7, 11) is 0. The van der Waals surface area contributed by atoms with Crippen molar-refractivity contribution in [3.05, 3.63) is 66.0 Å². The van der Waals surface area contributed by atoms with Gasteiger partial charge >= 0.3 is 0 Å². The number of halogens is 1. The highest BCUT2D eigenvalue weighted by Gasteiger charge is 2.54. The number of nitrogens with zero attached hydrogens (tertiary/aromatic N) is 4. The average Bonchev–Trinajstić information content (AvgIpc) is 3.16. The minimum absolute atomic E-state index is 0.00696. The van der Waals surface area contributed by atoms with E-state index in [-0.39, 0.29) is 29.8 Å². The molecule has 0 aromatic heterocycles. The van der Waals surface area contributed by atoms with E-state index in [0.717, 1.165) is 31.6 Å². The highest BCUT2D eigenvalue weighted by molar-refractivity contribution is 5.97. The number of carbonyl (C=O) groups excluding carboxylic acids is 3. The van der Waals surface area contributed by atoms with Crippen molar-refractivity contribution in [2.24, 2.45) is 5.92 Å². The zero-order valence-electron chi connectivity index (χ0n) is 20.7. The monoisotopic (exact) mass is 492 g/mol. The molecule has 0 atom stereocenters. The van der Waals surface area contributed by atoms with Gasteiger partial charge in [-0.3, -0.25) is 14.4 Å². The van der Waals surface area contributed by atoms with Crippen LogP contribution in [0.5, 0.6) is 0 Å². The number of hydrogen-bond donors (Lipinski definition) is 0. The summed E-state index contributed by atoms with van der Waals surface area (Å²) in [5, 5.41) is 0. The second-order valence-electron chi connectivity index (χ2n) is 10.3. The van der Waals surface area contributed by atoms with E-state index in [0.29, 0.717) is 38.5 Å². The molecule has 3 fully saturated rings. The Kier molecular flexibility index (Phi) is 6.69. The minimum atomic E-state index is -0.829. The van der Waals surface area contributed by atoms with Crippen molar-refractivity contribution in [1.82, 2.24) is 14.7 Å². The smallest absolute Gasteiger partial charge is 0.256 e. The maximum absolute atomic E-state index is 14.2. The first-order chi connectivity index (χ1) is 17.4. The number of rotatable bonds is 4. The average molecular weight is 493 g/mol. The van der Waals surface area contributed by atoms with Crippen LogP contribution in [0.2, 0.25) is 0 Å². The zero-order valence-corrected chi connectivity index (χ0v) is 20.7. The summed E-state index contributed by atoms with van der Waals surface area (Å²) in [5.41, 5.74) is 0.139. The predicted octanol–water partition coefficient (Wildman–Crippen LogP) is 3.37. The van der Waals surface area contributed by atoms with Crippen molar-refractivity contribution < 1.29 is 18.8 Å². The lowest BCUT2D eigenvalue weighted by atomic mass is 9.85. The number of para-hydroxylation sites is 1. The van der Waals surface area contributed by atoms with Crippen LogP contribution in [0, 0.1) is 11.7 Å². The Labute approximate surface area is 211 Å². The topological polar surface area (TPSA) is 64.2 Å². The van der Waals surface area contributed by atoms with Gasteiger partial charge in [-0.2, -0.15) is 0 Å². The first-order valence-corrected chi connectivity index (χ1v) is 12.8. The lowest BCUT2D eigenvalue weighted by molar-refractivity contribution is -0.141. The van der Waals surface area contributed by atoms with Crippen LogP contribution in [0.4, 0.5) is 10.1 Å². The lowest BCUT2D eigenvalue weighted by Crippen LogP contribution is -2.57. The van der Waals surface area contributed by atoms with Crippen LogP contribution in [0.3, 0.4) is 0 Å². The Hall–Kier alpha value is -3.42. The van der Waals surface area contributed by atoms with E-state index in [4.69, 9.17) is 0 Å². The van der Waals surface area contributed by atoms with Crippen LogP contribution in [0.15, 0.2) is 54.6 Å². The van der Waals surface area contributed by atoms with Gasteiger partial charge in [0.15, 0.2) is 0 Å². The first-order valence-electron chi connectivity index (χ1n) is 12.8. The molecule has 0 bridgehead atoms. The first kappa shape index (κ1) is 24.3. The van der Waals surface area contributed by atoms with E-state index in [1.165, 1.54) is 12.1 Å². The molecule has 3 aliphatic heterocycles. The molecule has 2 aromatic rings. The van der Waals surface area contributed by atoms with Crippen LogP contribution in [0.25, 0.3) is 0 Å². The van der Waals surface area contributed by atoms with Gasteiger partial charge in [-0.15, -0.1) is 0 Å². The summed E-state index contributed by atoms with van der Waals surface area (Å²) in [6, 6.07) is 15.8. The number of hydrogen-bond acceptors (Lipinski definition) is 4. The second-order valence-corrected chi connectivity index (χ2v) is 10.3. The molecule has 3 aliphatic rings. The van der Waals surface area contributed by atoms with Crippen molar-refractivity contribution in [2.45, 2.75) is 38.1 Å². The molecule has 5 rings (SSSR count). The van der Waals surface area contributed by atoms with Crippen molar-refractivity contribution in [2.75, 3.05) is 44.3 Å². The molecule has 2 aromatic carbocycles. The van der Waals surface area contributed by atoms with Gasteiger partial charge < -0.3 is 19.6 Å². The van der Waals surface area contributed by atoms with Gasteiger partial charge in [0.1, 0.15) is 17.9 Å². The molecule has 7 nitrogen and oxygen atoms in total. The van der Waals surface area contributed by atoms with Gasteiger partial charge in [-0.05, 0) is 55.9 Å². The molecule has 0 N–H and O–H groups in total. The van der Waals surface area contributed by atoms with Crippen LogP contribution >= 0.6 is 0 Å². The Morgan fingerprint density at radius 1 is 0.917 bits per heavy atom. The summed E-state index contributed by atoms with van der Waals surface area (Å²) in [5.74, 6) is -0.347. The summed E-state index contributed by atoms with van der Waals surface area (Å²) < 4.78 is 14.2. The third kappa shape index (κ3) is 4.45. The second kappa shape index (κ2) is 9.91. The molecular formula is C28H33FN4O3. The SMILES string of the molecule is CC1CCN(C(=O)CN2CN(c3ccccc3)C3(CCN(C(=O)c4ccccc4F)CC3)C2=O)CC1. The maximum Gasteiger partial charge on any atom is 0.256 e. The molecule has 3 saturated heterocycles. The van der Waals surface area contributed by atoms with E-state index in [2.05, 4.69) is 11.8 Å². The van der Waals surface area contributed by atoms with E-state index in [1.807, 2.05) is 35.2 Å². The summed E-state index contributed by atoms with van der Waals surface area (Å²) in [4.78, 5) is 47.2. The molecule has 0 aliphatic carbocycles. The van der Waals surface area contributed by atoms with E-state index in [9.17, 15) is 18.8 Å². The molecule has 3 heterocycles. The highest BCUT2D eigenvalue weighted by atomic mass is 19.1. The molecule has 36 heavy (non-hydrogen) atoms. The molecule has 0 unspecified atom stereocenters. The van der Waals surface area contributed by atoms with Crippen LogP contribution in [-0.2, 0) is 9.59 Å². The van der Waals surface area contributed by atoms with Crippen LogP contribution in [-0.4, -0.2) is 77.4 Å². The summed E-state index contributed by atoms with van der Waals surface area (Å²) in [6.07, 6.45) is 2.83. The van der Waals surface area contributed by atoms with Crippen molar-refractivity contribution >= 4 is 23.4 Å². The fourth-order valence-electron chi connectivity index (χ4n) is 5.73. The molecule has 190 valence electrons. The van der Waals surface area contributed by atoms with Crippen LogP contribution in [0.1, 0.15) is 43.0 Å². The Bertz CT molecular complexity index is 1120. The molecule has 0 radical (unpaired) electrons. The van der Waals surface area contributed by atoms with E-state index >= 15 is 0 Å². The quantitative estimate of drug-likeness (QED) is 0.657. The van der Waals surface area contributed by atoms with Crippen molar-refractivity contribution in [1.29, 1.82) is 0 Å². The lowest BCUT2D eigenvalue weighted by Gasteiger charge is -2.43. The maximum atomic E-state index is 14.2. The van der Waals surface area contributed by atoms with Crippen molar-refractivity contribution in [3.8, 4) is 0 Å². The van der Waals surface area contributed by atoms with Gasteiger partial charge in [-0.25, -0.2) is 4.39 Å². The fourth-order valence-corrected chi connectivity index (χ4v) is 5.73. The third-order valence-electron chi connectivity index (χ3n) is 8.03. The number of benzene rings is 2. The summed E-state index contributed by atoms with van der Waals surface area (Å²) in [6.45, 7) is 4.76. The van der Waals surface area contributed by atoms with Crippen molar-refractivity contribution in [3.63, 3.8) is 0 Å². The van der Waals surface area contributed by atoms with E-state index < -0.39 is 11.4 Å².